The number of benzene rings is 2. The molecule has 0 saturated carbocycles. The van der Waals surface area contributed by atoms with Gasteiger partial charge in [-0.05, 0) is 52.9 Å². The maximum atomic E-state index is 13.6. The fourth-order valence-electron chi connectivity index (χ4n) is 2.21. The van der Waals surface area contributed by atoms with Gasteiger partial charge in [0.15, 0.2) is 5.78 Å². The first-order chi connectivity index (χ1) is 9.65. The van der Waals surface area contributed by atoms with Gasteiger partial charge in [-0.15, -0.1) is 0 Å². The van der Waals surface area contributed by atoms with Gasteiger partial charge in [-0.1, -0.05) is 18.2 Å². The lowest BCUT2D eigenvalue weighted by molar-refractivity contribution is 0.0973. The van der Waals surface area contributed by atoms with E-state index in [0.29, 0.717) is 10.9 Å². The number of carbonyl (C=O) groups excluding carboxylic acids is 1. The maximum Gasteiger partial charge on any atom is 0.182 e. The second kappa shape index (κ2) is 5.36. The Hall–Kier alpha value is -1.69. The Balaban J connectivity index is 1.91. The zero-order valence-electron chi connectivity index (χ0n) is 10.5. The molecule has 0 radical (unpaired) electrons. The Morgan fingerprint density at radius 3 is 2.60 bits per heavy atom. The molecule has 2 aromatic carbocycles. The van der Waals surface area contributed by atoms with Crippen LogP contribution in [0.2, 0.25) is 0 Å². The van der Waals surface area contributed by atoms with Gasteiger partial charge in [0.25, 0.3) is 0 Å². The first kappa shape index (κ1) is 13.3. The van der Waals surface area contributed by atoms with Crippen LogP contribution in [0.5, 0.6) is 0 Å². The highest BCUT2D eigenvalue weighted by molar-refractivity contribution is 14.1. The largest absolute Gasteiger partial charge is 0.340 e. The van der Waals surface area contributed by atoms with Crippen LogP contribution in [0.15, 0.2) is 54.7 Å². The summed E-state index contributed by atoms with van der Waals surface area (Å²) in [6.07, 6.45) is 1.75. The fourth-order valence-corrected chi connectivity index (χ4v) is 2.57. The normalized spacial score (nSPS) is 10.9. The smallest absolute Gasteiger partial charge is 0.182 e. The van der Waals surface area contributed by atoms with E-state index in [1.807, 2.05) is 30.3 Å². The van der Waals surface area contributed by atoms with Crippen molar-refractivity contribution in [2.75, 3.05) is 0 Å². The molecule has 2 nitrogen and oxygen atoms in total. The Kier molecular flexibility index (Phi) is 3.56. The third kappa shape index (κ3) is 2.47. The number of rotatable bonds is 3. The predicted octanol–water partition coefficient (Wildman–Crippen LogP) is 4.27. The summed E-state index contributed by atoms with van der Waals surface area (Å²) in [4.78, 5) is 12.2. The molecule has 0 aliphatic carbocycles. The zero-order chi connectivity index (χ0) is 14.1. The molecule has 3 rings (SSSR count). The van der Waals surface area contributed by atoms with Gasteiger partial charge in [-0.25, -0.2) is 4.39 Å². The van der Waals surface area contributed by atoms with Crippen molar-refractivity contribution in [2.45, 2.75) is 6.54 Å². The molecular weight excluding hydrogens is 368 g/mol. The van der Waals surface area contributed by atoms with E-state index < -0.39 is 0 Å². The number of Topliss-reactive ketones (excluding diaryl/α,β-unsaturated/α-hetero) is 1. The number of aromatic nitrogens is 1. The third-order valence-corrected chi connectivity index (χ3v) is 3.96. The molecule has 0 bridgehead atoms. The van der Waals surface area contributed by atoms with E-state index in [1.54, 1.807) is 22.9 Å². The van der Waals surface area contributed by atoms with Crippen LogP contribution in [0.4, 0.5) is 4.39 Å². The summed E-state index contributed by atoms with van der Waals surface area (Å²) in [6, 6.07) is 14.0. The van der Waals surface area contributed by atoms with E-state index in [2.05, 4.69) is 22.6 Å². The molecule has 1 aromatic heterocycles. The molecule has 0 atom stereocenters. The number of hydrogen-bond donors (Lipinski definition) is 0. The highest BCUT2D eigenvalue weighted by Crippen LogP contribution is 2.19. The van der Waals surface area contributed by atoms with Gasteiger partial charge in [0.1, 0.15) is 5.82 Å². The van der Waals surface area contributed by atoms with Gasteiger partial charge in [-0.2, -0.15) is 0 Å². The van der Waals surface area contributed by atoms with Crippen LogP contribution < -0.4 is 0 Å². The lowest BCUT2D eigenvalue weighted by Crippen LogP contribution is -2.09. The van der Waals surface area contributed by atoms with Crippen LogP contribution in [0.3, 0.4) is 0 Å². The van der Waals surface area contributed by atoms with Gasteiger partial charge in [-0.3, -0.25) is 4.79 Å². The lowest BCUT2D eigenvalue weighted by atomic mass is 10.1. The Morgan fingerprint density at radius 2 is 1.85 bits per heavy atom. The maximum absolute atomic E-state index is 13.6. The van der Waals surface area contributed by atoms with Gasteiger partial charge in [0.05, 0.1) is 12.1 Å². The molecule has 4 heteroatoms. The van der Waals surface area contributed by atoms with Crippen LogP contribution in [0.1, 0.15) is 10.4 Å². The minimum atomic E-state index is -0.261. The van der Waals surface area contributed by atoms with Crippen LogP contribution >= 0.6 is 22.6 Å². The lowest BCUT2D eigenvalue weighted by Gasteiger charge is -2.05. The molecule has 3 aromatic rings. The molecule has 20 heavy (non-hydrogen) atoms. The molecule has 0 N–H and O–H groups in total. The van der Waals surface area contributed by atoms with Gasteiger partial charge in [0.2, 0.25) is 0 Å². The van der Waals surface area contributed by atoms with Crippen molar-refractivity contribution in [3.8, 4) is 0 Å². The van der Waals surface area contributed by atoms with Crippen molar-refractivity contribution in [3.05, 3.63) is 69.7 Å². The minimum Gasteiger partial charge on any atom is -0.340 e. The molecule has 0 spiro atoms. The molecule has 0 fully saturated rings. The molecular formula is C16H11FINO. The van der Waals surface area contributed by atoms with E-state index in [1.165, 1.54) is 6.07 Å². The average molecular weight is 379 g/mol. The third-order valence-electron chi connectivity index (χ3n) is 3.24. The van der Waals surface area contributed by atoms with Crippen molar-refractivity contribution in [1.29, 1.82) is 0 Å². The van der Waals surface area contributed by atoms with Crippen molar-refractivity contribution in [3.63, 3.8) is 0 Å². The Morgan fingerprint density at radius 1 is 1.10 bits per heavy atom. The average Bonchev–Trinajstić information content (AvgIpc) is 2.84. The topological polar surface area (TPSA) is 22.0 Å². The first-order valence-electron chi connectivity index (χ1n) is 6.17. The number of halogens is 2. The number of ketones is 1. The number of carbonyl (C=O) groups is 1. The van der Waals surface area contributed by atoms with Crippen LogP contribution in [-0.4, -0.2) is 10.4 Å². The van der Waals surface area contributed by atoms with Crippen molar-refractivity contribution in [2.24, 2.45) is 0 Å². The van der Waals surface area contributed by atoms with Gasteiger partial charge >= 0.3 is 0 Å². The van der Waals surface area contributed by atoms with Gasteiger partial charge in [0, 0.05) is 20.7 Å². The summed E-state index contributed by atoms with van der Waals surface area (Å²) >= 11 is 2.20. The number of hydrogen-bond acceptors (Lipinski definition) is 1. The number of fused-ring (bicyclic) bond motifs is 1. The summed E-state index contributed by atoms with van der Waals surface area (Å²) < 4.78 is 16.5. The quantitative estimate of drug-likeness (QED) is 0.492. The SMILES string of the molecule is O=C(Cn1ccc2c(F)cccc21)c1ccc(I)cc1. The van der Waals surface area contributed by atoms with E-state index in [-0.39, 0.29) is 18.1 Å². The van der Waals surface area contributed by atoms with Crippen LogP contribution in [0, 0.1) is 9.39 Å². The first-order valence-corrected chi connectivity index (χ1v) is 7.25. The van der Waals surface area contributed by atoms with E-state index in [0.717, 1.165) is 9.09 Å². The summed E-state index contributed by atoms with van der Waals surface area (Å²) in [7, 11) is 0. The molecule has 1 heterocycles. The Labute approximate surface area is 129 Å². The van der Waals surface area contributed by atoms with Crippen molar-refractivity contribution >= 4 is 39.3 Å². The molecule has 0 amide bonds. The standard InChI is InChI=1S/C16H11FINO/c17-14-2-1-3-15-13(14)8-9-19(15)10-16(20)11-4-6-12(18)7-5-11/h1-9H,10H2. The molecule has 0 saturated heterocycles. The minimum absolute atomic E-state index is 0.0168. The van der Waals surface area contributed by atoms with Crippen molar-refractivity contribution < 1.29 is 9.18 Å². The molecule has 0 aliphatic heterocycles. The summed E-state index contributed by atoms with van der Waals surface area (Å²) in [5.74, 6) is -0.244. The second-order valence-electron chi connectivity index (χ2n) is 4.55. The van der Waals surface area contributed by atoms with E-state index in [4.69, 9.17) is 0 Å². The molecule has 100 valence electrons. The van der Waals surface area contributed by atoms with Crippen LogP contribution in [0.25, 0.3) is 10.9 Å². The highest BCUT2D eigenvalue weighted by atomic mass is 127. The predicted molar refractivity (Wildman–Crippen MR) is 85.4 cm³/mol. The fraction of sp³-hybridized carbons (Fsp3) is 0.0625. The number of nitrogens with zero attached hydrogens (tertiary/aromatic N) is 1. The monoisotopic (exact) mass is 379 g/mol. The highest BCUT2D eigenvalue weighted by Gasteiger charge is 2.10. The van der Waals surface area contributed by atoms with Gasteiger partial charge < -0.3 is 4.57 Å². The summed E-state index contributed by atoms with van der Waals surface area (Å²) in [5, 5.41) is 0.544. The van der Waals surface area contributed by atoms with E-state index in [9.17, 15) is 9.18 Å². The summed E-state index contributed by atoms with van der Waals surface area (Å²) in [6.45, 7) is 0.216. The zero-order valence-corrected chi connectivity index (χ0v) is 12.7. The van der Waals surface area contributed by atoms with Crippen molar-refractivity contribution in [1.82, 2.24) is 4.57 Å². The second-order valence-corrected chi connectivity index (χ2v) is 5.79. The van der Waals surface area contributed by atoms with Crippen LogP contribution in [-0.2, 0) is 6.54 Å². The Bertz CT molecular complexity index is 777. The van der Waals surface area contributed by atoms with E-state index >= 15 is 0 Å². The molecule has 0 aliphatic rings. The summed E-state index contributed by atoms with van der Waals surface area (Å²) in [5.41, 5.74) is 1.41. The molecule has 0 unspecified atom stereocenters.